The van der Waals surface area contributed by atoms with Crippen molar-refractivity contribution in [1.29, 1.82) is 0 Å². The average Bonchev–Trinajstić information content (AvgIpc) is 2.47. The molecule has 0 saturated heterocycles. The van der Waals surface area contributed by atoms with E-state index in [1.54, 1.807) is 0 Å². The van der Waals surface area contributed by atoms with E-state index >= 15 is 0 Å². The summed E-state index contributed by atoms with van der Waals surface area (Å²) >= 11 is 5.96. The van der Waals surface area contributed by atoms with Crippen molar-refractivity contribution in [2.24, 2.45) is 0 Å². The standard InChI is InChI=1S/C13H10ClNO/c14-10-6-5-9-8-15-11-3-1-2-4-12(11)16-13(9)7-10/h1-7,15H,8H2. The second kappa shape index (κ2) is 3.72. The molecule has 2 aromatic rings. The quantitative estimate of drug-likeness (QED) is 0.738. The van der Waals surface area contributed by atoms with Crippen molar-refractivity contribution in [3.05, 3.63) is 53.1 Å². The third-order valence-electron chi connectivity index (χ3n) is 2.61. The maximum atomic E-state index is 5.96. The fraction of sp³-hybridized carbons (Fsp3) is 0.0769. The highest BCUT2D eigenvalue weighted by molar-refractivity contribution is 6.30. The number of nitrogens with one attached hydrogen (secondary N) is 1. The van der Waals surface area contributed by atoms with Crippen LogP contribution < -0.4 is 10.1 Å². The van der Waals surface area contributed by atoms with Gasteiger partial charge in [0.05, 0.1) is 5.69 Å². The van der Waals surface area contributed by atoms with Crippen molar-refractivity contribution < 1.29 is 4.74 Å². The SMILES string of the molecule is Clc1ccc2c(c1)Oc1ccccc1NC2. The minimum Gasteiger partial charge on any atom is -0.455 e. The average molecular weight is 232 g/mol. The van der Waals surface area contributed by atoms with E-state index in [1.807, 2.05) is 42.5 Å². The van der Waals surface area contributed by atoms with Gasteiger partial charge in [-0.05, 0) is 24.3 Å². The summed E-state index contributed by atoms with van der Waals surface area (Å²) < 4.78 is 5.84. The third-order valence-corrected chi connectivity index (χ3v) is 2.84. The van der Waals surface area contributed by atoms with Crippen LogP contribution in [0.4, 0.5) is 5.69 Å². The van der Waals surface area contributed by atoms with Gasteiger partial charge in [0.1, 0.15) is 5.75 Å². The van der Waals surface area contributed by atoms with Crippen LogP contribution >= 0.6 is 11.6 Å². The van der Waals surface area contributed by atoms with E-state index in [9.17, 15) is 0 Å². The Balaban J connectivity index is 2.10. The van der Waals surface area contributed by atoms with Crippen LogP contribution in [-0.4, -0.2) is 0 Å². The van der Waals surface area contributed by atoms with Crippen LogP contribution in [0.15, 0.2) is 42.5 Å². The molecule has 0 atom stereocenters. The molecule has 0 fully saturated rings. The van der Waals surface area contributed by atoms with Gasteiger partial charge in [-0.25, -0.2) is 0 Å². The Bertz CT molecular complexity index is 539. The third kappa shape index (κ3) is 1.61. The molecule has 0 bridgehead atoms. The molecule has 0 unspecified atom stereocenters. The molecule has 80 valence electrons. The van der Waals surface area contributed by atoms with Gasteiger partial charge in [-0.3, -0.25) is 0 Å². The maximum Gasteiger partial charge on any atom is 0.150 e. The second-order valence-corrected chi connectivity index (χ2v) is 4.14. The monoisotopic (exact) mass is 231 g/mol. The Kier molecular flexibility index (Phi) is 2.22. The molecule has 3 heteroatoms. The number of hydrogen-bond donors (Lipinski definition) is 1. The molecule has 0 aromatic heterocycles. The van der Waals surface area contributed by atoms with Gasteiger partial charge in [0.15, 0.2) is 5.75 Å². The number of para-hydroxylation sites is 2. The number of anilines is 1. The van der Waals surface area contributed by atoms with Gasteiger partial charge in [0, 0.05) is 17.1 Å². The summed E-state index contributed by atoms with van der Waals surface area (Å²) in [7, 11) is 0. The van der Waals surface area contributed by atoms with Crippen LogP contribution in [0.1, 0.15) is 5.56 Å². The first kappa shape index (κ1) is 9.55. The van der Waals surface area contributed by atoms with E-state index in [4.69, 9.17) is 16.3 Å². The van der Waals surface area contributed by atoms with Crippen molar-refractivity contribution >= 4 is 17.3 Å². The lowest BCUT2D eigenvalue weighted by molar-refractivity contribution is 0.484. The number of ether oxygens (including phenoxy) is 1. The number of benzene rings is 2. The van der Waals surface area contributed by atoms with Crippen LogP contribution in [0.3, 0.4) is 0 Å². The Labute approximate surface area is 98.8 Å². The van der Waals surface area contributed by atoms with Crippen LogP contribution in [0.5, 0.6) is 11.5 Å². The Hall–Kier alpha value is -1.67. The lowest BCUT2D eigenvalue weighted by atomic mass is 10.2. The van der Waals surface area contributed by atoms with Crippen LogP contribution in [0.2, 0.25) is 5.02 Å². The van der Waals surface area contributed by atoms with Crippen molar-refractivity contribution in [1.82, 2.24) is 0 Å². The van der Waals surface area contributed by atoms with Crippen LogP contribution in [0, 0.1) is 0 Å². The van der Waals surface area contributed by atoms with Gasteiger partial charge >= 0.3 is 0 Å². The van der Waals surface area contributed by atoms with E-state index < -0.39 is 0 Å². The first-order valence-corrected chi connectivity index (χ1v) is 5.50. The zero-order chi connectivity index (χ0) is 11.0. The van der Waals surface area contributed by atoms with Gasteiger partial charge in [-0.15, -0.1) is 0 Å². The lowest BCUT2D eigenvalue weighted by Gasteiger charge is -2.07. The first-order chi connectivity index (χ1) is 7.83. The number of halogens is 1. The summed E-state index contributed by atoms with van der Waals surface area (Å²) in [4.78, 5) is 0. The molecule has 0 spiro atoms. The largest absolute Gasteiger partial charge is 0.455 e. The molecular formula is C13H10ClNO. The Morgan fingerprint density at radius 2 is 1.94 bits per heavy atom. The topological polar surface area (TPSA) is 21.3 Å². The molecule has 1 aliphatic heterocycles. The lowest BCUT2D eigenvalue weighted by Crippen LogP contribution is -1.96. The molecule has 0 aliphatic carbocycles. The molecule has 3 rings (SSSR count). The van der Waals surface area contributed by atoms with Crippen LogP contribution in [0.25, 0.3) is 0 Å². The Morgan fingerprint density at radius 3 is 2.88 bits per heavy atom. The zero-order valence-electron chi connectivity index (χ0n) is 8.53. The minimum atomic E-state index is 0.693. The molecule has 2 nitrogen and oxygen atoms in total. The molecule has 16 heavy (non-hydrogen) atoms. The molecule has 1 N–H and O–H groups in total. The number of fused-ring (bicyclic) bond motifs is 2. The highest BCUT2D eigenvalue weighted by Crippen LogP contribution is 2.36. The highest BCUT2D eigenvalue weighted by Gasteiger charge is 2.13. The van der Waals surface area contributed by atoms with Crippen molar-refractivity contribution in [3.63, 3.8) is 0 Å². The molecule has 0 saturated carbocycles. The molecular weight excluding hydrogens is 222 g/mol. The molecule has 0 radical (unpaired) electrons. The van der Waals surface area contributed by atoms with Crippen molar-refractivity contribution in [2.75, 3.05) is 5.32 Å². The first-order valence-electron chi connectivity index (χ1n) is 5.12. The van der Waals surface area contributed by atoms with Gasteiger partial charge in [0.25, 0.3) is 0 Å². The molecule has 2 aromatic carbocycles. The van der Waals surface area contributed by atoms with E-state index in [-0.39, 0.29) is 0 Å². The summed E-state index contributed by atoms with van der Waals surface area (Å²) in [6.07, 6.45) is 0. The fourth-order valence-electron chi connectivity index (χ4n) is 1.78. The predicted octanol–water partition coefficient (Wildman–Crippen LogP) is 4.06. The summed E-state index contributed by atoms with van der Waals surface area (Å²) in [5.41, 5.74) is 2.12. The smallest absolute Gasteiger partial charge is 0.150 e. The molecule has 0 amide bonds. The Morgan fingerprint density at radius 1 is 1.06 bits per heavy atom. The molecule has 1 aliphatic rings. The van der Waals surface area contributed by atoms with Gasteiger partial charge in [0.2, 0.25) is 0 Å². The molecule has 1 heterocycles. The minimum absolute atomic E-state index is 0.693. The van der Waals surface area contributed by atoms with Gasteiger partial charge in [-0.1, -0.05) is 29.8 Å². The van der Waals surface area contributed by atoms with Crippen LogP contribution in [-0.2, 0) is 6.54 Å². The van der Waals surface area contributed by atoms with Crippen molar-refractivity contribution in [2.45, 2.75) is 6.54 Å². The summed E-state index contributed by atoms with van der Waals surface area (Å²) in [6, 6.07) is 13.6. The highest BCUT2D eigenvalue weighted by atomic mass is 35.5. The fourth-order valence-corrected chi connectivity index (χ4v) is 1.94. The number of hydrogen-bond acceptors (Lipinski definition) is 2. The van der Waals surface area contributed by atoms with Gasteiger partial charge in [-0.2, -0.15) is 0 Å². The van der Waals surface area contributed by atoms with Crippen molar-refractivity contribution in [3.8, 4) is 11.5 Å². The van der Waals surface area contributed by atoms with E-state index in [2.05, 4.69) is 5.32 Å². The second-order valence-electron chi connectivity index (χ2n) is 3.70. The predicted molar refractivity (Wildman–Crippen MR) is 65.3 cm³/mol. The number of rotatable bonds is 0. The maximum absolute atomic E-state index is 5.96. The van der Waals surface area contributed by atoms with E-state index in [1.165, 1.54) is 0 Å². The summed E-state index contributed by atoms with van der Waals surface area (Å²) in [6.45, 7) is 0.753. The van der Waals surface area contributed by atoms with Gasteiger partial charge < -0.3 is 10.1 Å². The summed E-state index contributed by atoms with van der Waals surface area (Å²) in [5.74, 6) is 1.66. The summed E-state index contributed by atoms with van der Waals surface area (Å²) in [5, 5.41) is 4.03. The van der Waals surface area contributed by atoms with E-state index in [0.29, 0.717) is 5.02 Å². The zero-order valence-corrected chi connectivity index (χ0v) is 9.29. The van der Waals surface area contributed by atoms with E-state index in [0.717, 1.165) is 29.3 Å². The normalized spacial score (nSPS) is 12.8.